The van der Waals surface area contributed by atoms with Crippen molar-refractivity contribution in [1.29, 1.82) is 0 Å². The fraction of sp³-hybridized carbons (Fsp3) is 0.448. The topological polar surface area (TPSA) is 487 Å². The molecule has 8 amide bonds. The van der Waals surface area contributed by atoms with Crippen molar-refractivity contribution < 1.29 is 136 Å². The first-order valence-electron chi connectivity index (χ1n) is 28.2. The molecule has 15 atom stereocenters. The Morgan fingerprint density at radius 1 is 0.733 bits per heavy atom. The van der Waals surface area contributed by atoms with Gasteiger partial charge in [-0.05, 0) is 77.6 Å². The third-order valence-electron chi connectivity index (χ3n) is 15.4. The molecule has 3 saturated heterocycles. The molecule has 0 aromatic heterocycles. The third kappa shape index (κ3) is 17.8. The van der Waals surface area contributed by atoms with Crippen LogP contribution in [0.3, 0.4) is 0 Å². The standard InChI is InChI=1S/C58H72N8O22S.Na/c1-4-5-20-87-36-17-14-32(15-18-36)30-8-6-29(7-9-30)31-10-12-33(13-11-31)51(76)60-37-23-41(71)54(79)64-56(81)47-48(73)27(2)25-66(47)58(83)45(40(70)24-43(59)72)62-55(80)46(50(75)49(74)34-16-19-39(69)42(21-34)88-89(84,85)86)63-53(78)38-22-35(68)26-65(38)57(82)44(28(3)67)61-52(37)77;/h6-19,21,27-28,35,37-38,40-41,44-50,54,67-71,73-75,79H,4-5,20,22-26H2,1-3H3,(H2,59,72)(H,60,76)(H,61,77)(H,62,80)(H,63,78)(H,64,81)(H,84,85,86);/q;+1/p-1/t27-,28+,35+,37-,38-,40+,41+,44-,45-,46-,47-,48-,49-,50-,54+;/m0./s1. The van der Waals surface area contributed by atoms with Crippen LogP contribution in [0.4, 0.5) is 0 Å². The van der Waals surface area contributed by atoms with Gasteiger partial charge in [0, 0.05) is 37.4 Å². The zero-order valence-electron chi connectivity index (χ0n) is 49.2. The molecule has 7 rings (SSSR count). The monoisotopic (exact) mass is 1290 g/mol. The van der Waals surface area contributed by atoms with E-state index in [1.54, 1.807) is 12.1 Å². The predicted octanol–water partition coefficient (Wildman–Crippen LogP) is -6.62. The maximum Gasteiger partial charge on any atom is 1.00 e. The van der Waals surface area contributed by atoms with E-state index in [1.807, 2.05) is 59.2 Å². The average Bonchev–Trinajstić information content (AvgIpc) is 1.67. The summed E-state index contributed by atoms with van der Waals surface area (Å²) in [5.74, 6) is -13.2. The number of fused-ring (bicyclic) bond motifs is 2. The van der Waals surface area contributed by atoms with Crippen LogP contribution in [0, 0.1) is 5.92 Å². The van der Waals surface area contributed by atoms with Gasteiger partial charge in [0.25, 0.3) is 16.3 Å². The molecule has 0 unspecified atom stereocenters. The molecular formula is C58H71N8NaO22S. The van der Waals surface area contributed by atoms with Crippen molar-refractivity contribution in [1.82, 2.24) is 36.4 Å². The number of rotatable bonds is 17. The molecule has 32 heteroatoms. The van der Waals surface area contributed by atoms with Gasteiger partial charge in [-0.15, -0.1) is 0 Å². The summed E-state index contributed by atoms with van der Waals surface area (Å²) in [7, 11) is -5.60. The fourth-order valence-corrected chi connectivity index (χ4v) is 10.8. The van der Waals surface area contributed by atoms with Gasteiger partial charge in [0.1, 0.15) is 60.3 Å². The first kappa shape index (κ1) is 71.7. The maximum atomic E-state index is 14.7. The summed E-state index contributed by atoms with van der Waals surface area (Å²) < 4.78 is 44.3. The maximum absolute atomic E-state index is 14.7. The number of hydrogen-bond acceptors (Lipinski definition) is 22. The molecule has 0 saturated carbocycles. The summed E-state index contributed by atoms with van der Waals surface area (Å²) in [6.45, 7) is 3.77. The summed E-state index contributed by atoms with van der Waals surface area (Å²) in [4.78, 5) is 115. The number of nitrogens with one attached hydrogen (secondary N) is 5. The number of carbonyl (C=O) groups excluding carboxylic acids is 8. The number of aromatic hydroxyl groups is 1. The zero-order valence-corrected chi connectivity index (χ0v) is 52.0. The van der Waals surface area contributed by atoms with E-state index in [2.05, 4.69) is 27.1 Å². The predicted molar refractivity (Wildman–Crippen MR) is 307 cm³/mol. The van der Waals surface area contributed by atoms with E-state index >= 15 is 0 Å². The number of nitrogens with zero attached hydrogens (tertiary/aromatic N) is 2. The molecule has 90 heavy (non-hydrogen) atoms. The number of unbranched alkanes of at least 4 members (excludes halogenated alkanes) is 1. The number of amides is 8. The molecule has 3 heterocycles. The molecule has 0 radical (unpaired) electrons. The molecule has 0 spiro atoms. The second-order valence-corrected chi connectivity index (χ2v) is 23.0. The minimum atomic E-state index is -5.60. The molecule has 4 aromatic rings. The molecule has 4 aromatic carbocycles. The number of hydrogen-bond donors (Lipinski definition) is 15. The van der Waals surface area contributed by atoms with Gasteiger partial charge in [-0.25, -0.2) is 8.42 Å². The summed E-state index contributed by atoms with van der Waals surface area (Å²) >= 11 is 0. The molecule has 0 bridgehead atoms. The van der Waals surface area contributed by atoms with Crippen LogP contribution in [0.15, 0.2) is 91.0 Å². The van der Waals surface area contributed by atoms with Gasteiger partial charge in [0.15, 0.2) is 17.7 Å². The molecule has 482 valence electrons. The Balaban J connectivity index is 0.0000129. The second kappa shape index (κ2) is 31.1. The number of nitrogens with two attached hydrogens (primary N) is 1. The Hall–Kier alpha value is -7.37. The van der Waals surface area contributed by atoms with Crippen LogP contribution in [0.25, 0.3) is 22.3 Å². The van der Waals surface area contributed by atoms with Crippen molar-refractivity contribution in [2.75, 3.05) is 19.7 Å². The molecule has 3 aliphatic rings. The number of aliphatic hydroxyl groups excluding tert-OH is 8. The zero-order chi connectivity index (χ0) is 65.3. The van der Waals surface area contributed by atoms with Gasteiger partial charge in [0.05, 0.1) is 37.4 Å². The number of aliphatic hydroxyl groups is 8. The van der Waals surface area contributed by atoms with Crippen molar-refractivity contribution in [3.05, 3.63) is 102 Å². The Morgan fingerprint density at radius 2 is 1.29 bits per heavy atom. The largest absolute Gasteiger partial charge is 1.00 e. The van der Waals surface area contributed by atoms with Gasteiger partial charge in [0.2, 0.25) is 41.4 Å². The van der Waals surface area contributed by atoms with Crippen LogP contribution in [-0.2, 0) is 44.0 Å². The summed E-state index contributed by atoms with van der Waals surface area (Å²) in [6, 6.07) is 10.2. The van der Waals surface area contributed by atoms with Crippen LogP contribution >= 0.6 is 0 Å². The Kier molecular flexibility index (Phi) is 24.8. The minimum absolute atomic E-state index is 0. The average molecular weight is 1290 g/mol. The SMILES string of the molecule is CCCCOc1ccc(-c2ccc(-c3ccc(C(=O)N[C@H]4C[C@@H](O)[C@@H](O)NC(=O)[C@@H]5[C@@H](O)[C@@H](C)CN5C(=O)[C@H]([C@H](O)CC(N)=O)NC(=O)[C@H]([C@H](O)[C@@H](O)c5ccc(O)c(OS(=O)(=O)[O-])c5)NC(=O)[C@@H]5C[C@@H](O)CN5C(=O)[C@H]([C@@H](C)O)NC4=O)cc3)cc2)cc1.[Na+]. The van der Waals surface area contributed by atoms with Crippen LogP contribution < -0.4 is 70.8 Å². The summed E-state index contributed by atoms with van der Waals surface area (Å²) in [6.07, 6.45) is -18.3. The molecule has 30 nitrogen and oxygen atoms in total. The van der Waals surface area contributed by atoms with E-state index in [9.17, 15) is 97.3 Å². The van der Waals surface area contributed by atoms with Gasteiger partial charge in [-0.1, -0.05) is 74.9 Å². The molecule has 3 fully saturated rings. The number of carbonyl (C=O) groups is 8. The fourth-order valence-electron chi connectivity index (χ4n) is 10.5. The van der Waals surface area contributed by atoms with Crippen LogP contribution in [0.1, 0.15) is 74.9 Å². The number of benzene rings is 4. The van der Waals surface area contributed by atoms with E-state index in [1.165, 1.54) is 19.1 Å². The Morgan fingerprint density at radius 3 is 1.86 bits per heavy atom. The van der Waals surface area contributed by atoms with E-state index < -0.39 is 198 Å². The van der Waals surface area contributed by atoms with Crippen LogP contribution in [-0.4, -0.2) is 215 Å². The van der Waals surface area contributed by atoms with Gasteiger partial charge < -0.3 is 102 Å². The van der Waals surface area contributed by atoms with Crippen molar-refractivity contribution in [3.63, 3.8) is 0 Å². The molecule has 16 N–H and O–H groups in total. The van der Waals surface area contributed by atoms with Crippen molar-refractivity contribution in [2.24, 2.45) is 11.7 Å². The number of ether oxygens (including phenoxy) is 1. The van der Waals surface area contributed by atoms with Gasteiger partial charge in [-0.3, -0.25) is 38.4 Å². The van der Waals surface area contributed by atoms with E-state index in [4.69, 9.17) is 10.5 Å². The normalized spacial score (nSPS) is 26.1. The van der Waals surface area contributed by atoms with E-state index in [0.29, 0.717) is 34.1 Å². The molecule has 0 aliphatic carbocycles. The van der Waals surface area contributed by atoms with E-state index in [0.717, 1.165) is 48.3 Å². The van der Waals surface area contributed by atoms with Crippen LogP contribution in [0.2, 0.25) is 0 Å². The first-order valence-corrected chi connectivity index (χ1v) is 29.6. The van der Waals surface area contributed by atoms with Crippen molar-refractivity contribution >= 4 is 57.7 Å². The van der Waals surface area contributed by atoms with Crippen molar-refractivity contribution in [2.45, 2.75) is 138 Å². The number of phenols is 1. The van der Waals surface area contributed by atoms with Gasteiger partial charge in [-0.2, -0.15) is 0 Å². The van der Waals surface area contributed by atoms with Gasteiger partial charge >= 0.3 is 29.6 Å². The summed E-state index contributed by atoms with van der Waals surface area (Å²) in [5.41, 5.74) is 7.95. The molecule has 3 aliphatic heterocycles. The second-order valence-electron chi connectivity index (χ2n) is 22.1. The Labute approximate surface area is 538 Å². The quantitative estimate of drug-likeness (QED) is 0.0202. The van der Waals surface area contributed by atoms with Crippen molar-refractivity contribution in [3.8, 4) is 39.5 Å². The first-order chi connectivity index (χ1) is 42.0. The number of primary amides is 1. The van der Waals surface area contributed by atoms with Crippen LogP contribution in [0.5, 0.6) is 17.2 Å². The minimum Gasteiger partial charge on any atom is -0.716 e. The molecular weight excluding hydrogens is 1220 g/mol. The third-order valence-corrected chi connectivity index (χ3v) is 15.8. The smallest absolute Gasteiger partial charge is 0.716 e. The Bertz CT molecular complexity index is 3350. The van der Waals surface area contributed by atoms with E-state index in [-0.39, 0.29) is 35.1 Å². The summed E-state index contributed by atoms with van der Waals surface area (Å²) in [5, 5.41) is 112. The number of phenolic OH excluding ortho intramolecular Hbond substituents is 1.